The normalized spacial score (nSPS) is 16.5. The Bertz CT molecular complexity index is 1260. The van der Waals surface area contributed by atoms with Crippen molar-refractivity contribution in [1.29, 1.82) is 0 Å². The van der Waals surface area contributed by atoms with Gasteiger partial charge < -0.3 is 15.7 Å². The molecule has 6 rings (SSSR count). The maximum atomic E-state index is 9.79. The summed E-state index contributed by atoms with van der Waals surface area (Å²) < 4.78 is 1.99. The third-order valence-corrected chi connectivity index (χ3v) is 6.33. The van der Waals surface area contributed by atoms with Gasteiger partial charge in [0.1, 0.15) is 17.3 Å². The molecule has 3 aromatic heterocycles. The Morgan fingerprint density at radius 2 is 1.66 bits per heavy atom. The SMILES string of the molecule is Oc1ccc(-c2nn3c(NC4CCCC4)cccc3c2-c2ccnc(NC3CC3)n2)cc1. The number of hydrogen-bond acceptors (Lipinski definition) is 6. The molecule has 162 valence electrons. The second kappa shape index (κ2) is 7.82. The second-order valence-electron chi connectivity index (χ2n) is 8.79. The number of phenolic OH excluding ortho intramolecular Hbond substituents is 1. The minimum absolute atomic E-state index is 0.237. The van der Waals surface area contributed by atoms with E-state index in [4.69, 9.17) is 10.1 Å². The van der Waals surface area contributed by atoms with Crippen LogP contribution in [0.2, 0.25) is 0 Å². The fourth-order valence-corrected chi connectivity index (χ4v) is 4.51. The van der Waals surface area contributed by atoms with Crippen molar-refractivity contribution < 1.29 is 5.11 Å². The van der Waals surface area contributed by atoms with Gasteiger partial charge in [-0.15, -0.1) is 0 Å². The van der Waals surface area contributed by atoms with Crippen LogP contribution in [0.25, 0.3) is 28.0 Å². The lowest BCUT2D eigenvalue weighted by Gasteiger charge is -2.14. The molecule has 7 heteroatoms. The van der Waals surface area contributed by atoms with Gasteiger partial charge in [-0.1, -0.05) is 18.9 Å². The molecule has 3 heterocycles. The van der Waals surface area contributed by atoms with Crippen molar-refractivity contribution in [2.24, 2.45) is 0 Å². The summed E-state index contributed by atoms with van der Waals surface area (Å²) in [4.78, 5) is 9.25. The number of rotatable bonds is 6. The third kappa shape index (κ3) is 3.64. The van der Waals surface area contributed by atoms with Gasteiger partial charge in [-0.05, 0) is 68.1 Å². The highest BCUT2D eigenvalue weighted by Gasteiger charge is 2.24. The molecule has 2 aliphatic rings. The number of nitrogens with one attached hydrogen (secondary N) is 2. The van der Waals surface area contributed by atoms with Gasteiger partial charge in [0.25, 0.3) is 0 Å². The van der Waals surface area contributed by atoms with E-state index in [9.17, 15) is 5.11 Å². The highest BCUT2D eigenvalue weighted by molar-refractivity contribution is 5.91. The van der Waals surface area contributed by atoms with Crippen LogP contribution in [-0.2, 0) is 0 Å². The predicted molar refractivity (Wildman–Crippen MR) is 126 cm³/mol. The molecule has 0 unspecified atom stereocenters. The van der Waals surface area contributed by atoms with E-state index >= 15 is 0 Å². The third-order valence-electron chi connectivity index (χ3n) is 6.33. The molecule has 0 saturated heterocycles. The smallest absolute Gasteiger partial charge is 0.223 e. The molecule has 32 heavy (non-hydrogen) atoms. The van der Waals surface area contributed by atoms with E-state index in [0.717, 1.165) is 33.8 Å². The van der Waals surface area contributed by atoms with E-state index in [0.29, 0.717) is 18.0 Å². The van der Waals surface area contributed by atoms with Crippen molar-refractivity contribution in [1.82, 2.24) is 19.6 Å². The topological polar surface area (TPSA) is 87.4 Å². The number of aromatic hydroxyl groups is 1. The number of phenols is 1. The van der Waals surface area contributed by atoms with Gasteiger partial charge in [-0.2, -0.15) is 5.10 Å². The Morgan fingerprint density at radius 1 is 0.875 bits per heavy atom. The largest absolute Gasteiger partial charge is 0.508 e. The van der Waals surface area contributed by atoms with Crippen LogP contribution in [0, 0.1) is 0 Å². The Labute approximate surface area is 186 Å². The minimum atomic E-state index is 0.237. The van der Waals surface area contributed by atoms with Crippen LogP contribution in [-0.4, -0.2) is 36.8 Å². The maximum Gasteiger partial charge on any atom is 0.223 e. The standard InChI is InChI=1S/C25H26N6O/c32-19-12-8-16(9-13-19)24-23(20-14-15-26-25(29-20)28-18-10-11-18)21-6-3-7-22(31(21)30-24)27-17-4-1-2-5-17/h3,6-9,12-15,17-18,27,32H,1-2,4-5,10-11H2,(H,26,28,29). The van der Waals surface area contributed by atoms with Crippen LogP contribution in [0.4, 0.5) is 11.8 Å². The molecule has 3 N–H and O–H groups in total. The van der Waals surface area contributed by atoms with Crippen molar-refractivity contribution in [2.75, 3.05) is 10.6 Å². The molecule has 0 atom stereocenters. The van der Waals surface area contributed by atoms with Crippen LogP contribution in [0.15, 0.2) is 54.7 Å². The highest BCUT2D eigenvalue weighted by atomic mass is 16.3. The first kappa shape index (κ1) is 19.1. The number of anilines is 2. The van der Waals surface area contributed by atoms with Gasteiger partial charge in [0.15, 0.2) is 0 Å². The van der Waals surface area contributed by atoms with Crippen LogP contribution < -0.4 is 10.6 Å². The Hall–Kier alpha value is -3.61. The summed E-state index contributed by atoms with van der Waals surface area (Å²) in [6.07, 6.45) is 9.06. The molecular formula is C25H26N6O. The van der Waals surface area contributed by atoms with E-state index < -0.39 is 0 Å². The van der Waals surface area contributed by atoms with Gasteiger partial charge in [-0.25, -0.2) is 14.5 Å². The lowest BCUT2D eigenvalue weighted by molar-refractivity contribution is 0.475. The summed E-state index contributed by atoms with van der Waals surface area (Å²) in [6.45, 7) is 0. The Balaban J connectivity index is 1.51. The van der Waals surface area contributed by atoms with Gasteiger partial charge in [0.2, 0.25) is 5.95 Å². The minimum Gasteiger partial charge on any atom is -0.508 e. The molecule has 0 bridgehead atoms. The van der Waals surface area contributed by atoms with Crippen LogP contribution in [0.1, 0.15) is 38.5 Å². The number of aromatic nitrogens is 4. The fourth-order valence-electron chi connectivity index (χ4n) is 4.51. The Morgan fingerprint density at radius 3 is 2.44 bits per heavy atom. The molecule has 1 aromatic carbocycles. The summed E-state index contributed by atoms with van der Waals surface area (Å²) in [5, 5.41) is 21.9. The van der Waals surface area contributed by atoms with Gasteiger partial charge >= 0.3 is 0 Å². The van der Waals surface area contributed by atoms with Crippen molar-refractivity contribution in [2.45, 2.75) is 50.6 Å². The fraction of sp³-hybridized carbons (Fsp3) is 0.320. The molecular weight excluding hydrogens is 400 g/mol. The number of hydrogen-bond donors (Lipinski definition) is 3. The first-order chi connectivity index (χ1) is 15.7. The molecule has 0 aliphatic heterocycles. The number of nitrogens with zero attached hydrogens (tertiary/aromatic N) is 4. The van der Waals surface area contributed by atoms with Crippen molar-refractivity contribution in [3.05, 3.63) is 54.7 Å². The number of benzene rings is 1. The Kier molecular flexibility index (Phi) is 4.67. The summed E-state index contributed by atoms with van der Waals surface area (Å²) in [6, 6.07) is 16.3. The van der Waals surface area contributed by atoms with Crippen LogP contribution in [0.5, 0.6) is 5.75 Å². The van der Waals surface area contributed by atoms with Crippen LogP contribution >= 0.6 is 0 Å². The van der Waals surface area contributed by atoms with Gasteiger partial charge in [0.05, 0.1) is 16.8 Å². The summed E-state index contributed by atoms with van der Waals surface area (Å²) in [7, 11) is 0. The van der Waals surface area contributed by atoms with Crippen molar-refractivity contribution >= 4 is 17.3 Å². The molecule has 2 fully saturated rings. The monoisotopic (exact) mass is 426 g/mol. The van der Waals surface area contributed by atoms with E-state index in [1.165, 1.54) is 38.5 Å². The van der Waals surface area contributed by atoms with Crippen LogP contribution in [0.3, 0.4) is 0 Å². The van der Waals surface area contributed by atoms with Crippen molar-refractivity contribution in [3.63, 3.8) is 0 Å². The number of fused-ring (bicyclic) bond motifs is 1. The average molecular weight is 427 g/mol. The van der Waals surface area contributed by atoms with E-state index in [1.54, 1.807) is 18.3 Å². The predicted octanol–water partition coefficient (Wildman–Crippen LogP) is 5.09. The van der Waals surface area contributed by atoms with E-state index in [1.807, 2.05) is 22.7 Å². The molecule has 0 amide bonds. The maximum absolute atomic E-state index is 9.79. The van der Waals surface area contributed by atoms with E-state index in [-0.39, 0.29) is 5.75 Å². The zero-order valence-corrected chi connectivity index (χ0v) is 17.8. The molecule has 4 aromatic rings. The zero-order chi connectivity index (χ0) is 21.5. The second-order valence-corrected chi connectivity index (χ2v) is 8.79. The average Bonchev–Trinajstić information content (AvgIpc) is 3.31. The molecule has 2 aliphatic carbocycles. The summed E-state index contributed by atoms with van der Waals surface area (Å²) in [5.74, 6) is 1.88. The lowest BCUT2D eigenvalue weighted by atomic mass is 10.0. The first-order valence-corrected chi connectivity index (χ1v) is 11.4. The number of pyridine rings is 1. The lowest BCUT2D eigenvalue weighted by Crippen LogP contribution is -2.16. The van der Waals surface area contributed by atoms with Crippen molar-refractivity contribution in [3.8, 4) is 28.3 Å². The van der Waals surface area contributed by atoms with Gasteiger partial charge in [0, 0.05) is 23.8 Å². The molecule has 2 saturated carbocycles. The van der Waals surface area contributed by atoms with Gasteiger partial charge in [-0.3, -0.25) is 0 Å². The quantitative estimate of drug-likeness (QED) is 0.398. The highest BCUT2D eigenvalue weighted by Crippen LogP contribution is 2.37. The zero-order valence-electron chi connectivity index (χ0n) is 17.8. The molecule has 0 spiro atoms. The first-order valence-electron chi connectivity index (χ1n) is 11.4. The summed E-state index contributed by atoms with van der Waals surface area (Å²) >= 11 is 0. The molecule has 7 nitrogen and oxygen atoms in total. The molecule has 0 radical (unpaired) electrons. The summed E-state index contributed by atoms with van der Waals surface area (Å²) in [5.41, 5.74) is 4.56. The van der Waals surface area contributed by atoms with E-state index in [2.05, 4.69) is 33.8 Å².